The zero-order chi connectivity index (χ0) is 15.6. The molecule has 9 heteroatoms. The Balaban J connectivity index is 2.31. The molecule has 1 aromatic heterocycles. The van der Waals surface area contributed by atoms with E-state index in [0.717, 1.165) is 16.7 Å². The number of benzene rings is 1. The van der Waals surface area contributed by atoms with E-state index in [2.05, 4.69) is 9.97 Å². The molecule has 2 rings (SSSR count). The summed E-state index contributed by atoms with van der Waals surface area (Å²) in [6.07, 6.45) is 2.17. The van der Waals surface area contributed by atoms with Crippen LogP contribution < -0.4 is 0 Å². The molecule has 112 valence electrons. The van der Waals surface area contributed by atoms with Crippen molar-refractivity contribution in [1.82, 2.24) is 14.3 Å². The van der Waals surface area contributed by atoms with E-state index < -0.39 is 15.8 Å². The molecule has 5 nitrogen and oxygen atoms in total. The van der Waals surface area contributed by atoms with Crippen molar-refractivity contribution in [2.45, 2.75) is 11.4 Å². The number of sulfonamides is 1. The molecule has 1 aromatic carbocycles. The first-order chi connectivity index (χ1) is 9.82. The van der Waals surface area contributed by atoms with Crippen LogP contribution in [-0.2, 0) is 16.6 Å². The summed E-state index contributed by atoms with van der Waals surface area (Å²) in [5.41, 5.74) is 0.0973. The summed E-state index contributed by atoms with van der Waals surface area (Å²) in [5, 5.41) is 0.0955. The lowest BCUT2D eigenvalue weighted by molar-refractivity contribution is 0.456. The predicted molar refractivity (Wildman–Crippen MR) is 77.1 cm³/mol. The molecule has 0 atom stereocenters. The molecule has 2 aromatic rings. The lowest BCUT2D eigenvalue weighted by Gasteiger charge is -2.18. The fourth-order valence-corrected chi connectivity index (χ4v) is 2.96. The van der Waals surface area contributed by atoms with Gasteiger partial charge in [0.05, 0.1) is 12.4 Å². The van der Waals surface area contributed by atoms with Gasteiger partial charge in [-0.25, -0.2) is 22.8 Å². The van der Waals surface area contributed by atoms with Gasteiger partial charge in [0.2, 0.25) is 15.3 Å². The van der Waals surface area contributed by atoms with Crippen molar-refractivity contribution in [3.05, 3.63) is 52.3 Å². The highest BCUT2D eigenvalue weighted by Crippen LogP contribution is 2.23. The first kappa shape index (κ1) is 16.1. The molecule has 1 heterocycles. The molecule has 0 aliphatic rings. The van der Waals surface area contributed by atoms with Crippen LogP contribution in [0.1, 0.15) is 5.56 Å². The van der Waals surface area contributed by atoms with E-state index in [9.17, 15) is 12.8 Å². The van der Waals surface area contributed by atoms with Crippen LogP contribution in [0, 0.1) is 5.82 Å². The van der Waals surface area contributed by atoms with Gasteiger partial charge in [-0.05, 0) is 23.7 Å². The van der Waals surface area contributed by atoms with Crippen LogP contribution in [-0.4, -0.2) is 29.7 Å². The van der Waals surface area contributed by atoms with Crippen molar-refractivity contribution in [3.63, 3.8) is 0 Å². The Labute approximate surface area is 131 Å². The van der Waals surface area contributed by atoms with Crippen molar-refractivity contribution in [2.24, 2.45) is 0 Å². The van der Waals surface area contributed by atoms with Gasteiger partial charge < -0.3 is 0 Å². The van der Waals surface area contributed by atoms with Gasteiger partial charge in [0.25, 0.3) is 0 Å². The number of aromatic nitrogens is 2. The maximum Gasteiger partial charge on any atom is 0.246 e. The maximum atomic E-state index is 13.7. The standard InChI is InChI=1S/C12H10Cl2FN3O2S/c1-18(7-9-10(13)3-2-4-11(9)15)21(19,20)8-5-16-12(14)17-6-8/h2-6H,7H2,1H3. The number of hydrogen-bond donors (Lipinski definition) is 0. The van der Waals surface area contributed by atoms with Gasteiger partial charge in [-0.15, -0.1) is 0 Å². The molecule has 0 unspecified atom stereocenters. The van der Waals surface area contributed by atoms with Crippen molar-refractivity contribution in [2.75, 3.05) is 7.05 Å². The van der Waals surface area contributed by atoms with Gasteiger partial charge in [-0.3, -0.25) is 0 Å². The van der Waals surface area contributed by atoms with Crippen LogP contribution in [0.2, 0.25) is 10.3 Å². The second kappa shape index (κ2) is 6.23. The van der Waals surface area contributed by atoms with Crippen LogP contribution in [0.25, 0.3) is 0 Å². The minimum Gasteiger partial charge on any atom is -0.225 e. The van der Waals surface area contributed by atoms with E-state index in [4.69, 9.17) is 23.2 Å². The van der Waals surface area contributed by atoms with Crippen LogP contribution in [0.15, 0.2) is 35.5 Å². The molecule has 0 radical (unpaired) electrons. The summed E-state index contributed by atoms with van der Waals surface area (Å²) < 4.78 is 39.3. The minimum atomic E-state index is -3.86. The lowest BCUT2D eigenvalue weighted by Crippen LogP contribution is -2.27. The summed E-state index contributed by atoms with van der Waals surface area (Å²) >= 11 is 11.4. The molecule has 0 spiro atoms. The Morgan fingerprint density at radius 1 is 1.24 bits per heavy atom. The summed E-state index contributed by atoms with van der Waals surface area (Å²) in [6.45, 7) is -0.212. The number of rotatable bonds is 4. The molecule has 21 heavy (non-hydrogen) atoms. The van der Waals surface area contributed by atoms with Crippen molar-refractivity contribution < 1.29 is 12.8 Å². The molecule has 0 saturated heterocycles. The number of halogens is 3. The van der Waals surface area contributed by atoms with E-state index in [1.54, 1.807) is 0 Å². The summed E-state index contributed by atoms with van der Waals surface area (Å²) in [6, 6.07) is 4.15. The maximum absolute atomic E-state index is 13.7. The Hall–Kier alpha value is -1.28. The predicted octanol–water partition coefficient (Wildman–Crippen LogP) is 2.74. The fourth-order valence-electron chi connectivity index (χ4n) is 1.60. The highest BCUT2D eigenvalue weighted by Gasteiger charge is 2.23. The van der Waals surface area contributed by atoms with Crippen LogP contribution in [0.3, 0.4) is 0 Å². The normalized spacial score (nSPS) is 11.9. The zero-order valence-electron chi connectivity index (χ0n) is 10.8. The van der Waals surface area contributed by atoms with Gasteiger partial charge in [-0.1, -0.05) is 17.7 Å². The Bertz CT molecular complexity index is 733. The average Bonchev–Trinajstić information content (AvgIpc) is 2.43. The largest absolute Gasteiger partial charge is 0.246 e. The first-order valence-corrected chi connectivity index (χ1v) is 7.88. The molecule has 0 aliphatic carbocycles. The number of nitrogens with zero attached hydrogens (tertiary/aromatic N) is 3. The Morgan fingerprint density at radius 2 is 1.86 bits per heavy atom. The fraction of sp³-hybridized carbons (Fsp3) is 0.167. The topological polar surface area (TPSA) is 63.2 Å². The van der Waals surface area contributed by atoms with Gasteiger partial charge >= 0.3 is 0 Å². The first-order valence-electron chi connectivity index (χ1n) is 5.69. The van der Waals surface area contributed by atoms with Gasteiger partial charge in [0.15, 0.2) is 0 Å². The molecule has 0 amide bonds. The van der Waals surface area contributed by atoms with E-state index >= 15 is 0 Å². The number of hydrogen-bond acceptors (Lipinski definition) is 4. The molecular formula is C12H10Cl2FN3O2S. The monoisotopic (exact) mass is 349 g/mol. The minimum absolute atomic E-state index is 0.0613. The summed E-state index contributed by atoms with van der Waals surface area (Å²) in [7, 11) is -2.55. The highest BCUT2D eigenvalue weighted by atomic mass is 35.5. The summed E-state index contributed by atoms with van der Waals surface area (Å²) in [4.78, 5) is 7.10. The van der Waals surface area contributed by atoms with E-state index in [1.807, 2.05) is 0 Å². The second-order valence-electron chi connectivity index (χ2n) is 4.15. The Kier molecular flexibility index (Phi) is 4.77. The molecule has 0 N–H and O–H groups in total. The van der Waals surface area contributed by atoms with Crippen molar-refractivity contribution >= 4 is 33.2 Å². The third-order valence-corrected chi connectivity index (χ3v) is 5.05. The van der Waals surface area contributed by atoms with Crippen molar-refractivity contribution in [1.29, 1.82) is 0 Å². The highest BCUT2D eigenvalue weighted by molar-refractivity contribution is 7.89. The van der Waals surface area contributed by atoms with Gasteiger partial charge in [-0.2, -0.15) is 4.31 Å². The smallest absolute Gasteiger partial charge is 0.225 e. The van der Waals surface area contributed by atoms with E-state index in [0.29, 0.717) is 0 Å². The van der Waals surface area contributed by atoms with Crippen LogP contribution >= 0.6 is 23.2 Å². The van der Waals surface area contributed by atoms with E-state index in [-0.39, 0.29) is 27.3 Å². The molecule has 0 aliphatic heterocycles. The molecule has 0 bridgehead atoms. The van der Waals surface area contributed by atoms with Crippen LogP contribution in [0.4, 0.5) is 4.39 Å². The third-order valence-electron chi connectivity index (χ3n) is 2.75. The summed E-state index contributed by atoms with van der Waals surface area (Å²) in [5.74, 6) is -0.572. The quantitative estimate of drug-likeness (QED) is 0.796. The van der Waals surface area contributed by atoms with Crippen molar-refractivity contribution in [3.8, 4) is 0 Å². The van der Waals surface area contributed by atoms with Gasteiger partial charge in [0, 0.05) is 24.2 Å². The second-order valence-corrected chi connectivity index (χ2v) is 6.94. The van der Waals surface area contributed by atoms with Gasteiger partial charge in [0.1, 0.15) is 10.7 Å². The Morgan fingerprint density at radius 3 is 2.43 bits per heavy atom. The third kappa shape index (κ3) is 3.49. The molecule has 0 saturated carbocycles. The molecule has 0 fully saturated rings. The van der Waals surface area contributed by atoms with Crippen LogP contribution in [0.5, 0.6) is 0 Å². The SMILES string of the molecule is CN(Cc1c(F)cccc1Cl)S(=O)(=O)c1cnc(Cl)nc1. The zero-order valence-corrected chi connectivity index (χ0v) is 13.1. The lowest BCUT2D eigenvalue weighted by atomic mass is 10.2. The molecular weight excluding hydrogens is 340 g/mol. The average molecular weight is 350 g/mol. The van der Waals surface area contributed by atoms with E-state index in [1.165, 1.54) is 25.2 Å².